The summed E-state index contributed by atoms with van der Waals surface area (Å²) in [4.78, 5) is 24.7. The number of hydrogen-bond donors (Lipinski definition) is 1. The lowest BCUT2D eigenvalue weighted by molar-refractivity contribution is -0.130. The summed E-state index contributed by atoms with van der Waals surface area (Å²) in [6.07, 6.45) is 1.88. The fraction of sp³-hybridized carbons (Fsp3) is 0.571. The summed E-state index contributed by atoms with van der Waals surface area (Å²) >= 11 is 0. The smallest absolute Gasteiger partial charge is 0.221 e. The van der Waals surface area contributed by atoms with E-state index >= 15 is 0 Å². The Morgan fingerprint density at radius 1 is 1.42 bits per heavy atom. The molecular weight excluding hydrogens is 244 g/mol. The van der Waals surface area contributed by atoms with Gasteiger partial charge in [0, 0.05) is 26.4 Å². The maximum absolute atomic E-state index is 11.6. The van der Waals surface area contributed by atoms with Crippen molar-refractivity contribution in [3.05, 3.63) is 24.2 Å². The molecule has 0 saturated heterocycles. The van der Waals surface area contributed by atoms with Crippen LogP contribution in [0.25, 0.3) is 0 Å². The normalized spacial score (nSPS) is 10.5. The first-order valence-electron chi connectivity index (χ1n) is 6.53. The fourth-order valence-electron chi connectivity index (χ4n) is 1.58. The van der Waals surface area contributed by atoms with Crippen molar-refractivity contribution in [2.75, 3.05) is 13.1 Å². The van der Waals surface area contributed by atoms with E-state index in [1.54, 1.807) is 17.2 Å². The Hall–Kier alpha value is -1.78. The first-order valence-corrected chi connectivity index (χ1v) is 6.53. The largest absolute Gasteiger partial charge is 0.467 e. The van der Waals surface area contributed by atoms with Gasteiger partial charge in [0.25, 0.3) is 0 Å². The molecule has 1 heterocycles. The molecule has 0 bridgehead atoms. The van der Waals surface area contributed by atoms with E-state index in [0.717, 1.165) is 5.76 Å². The molecule has 0 spiro atoms. The Morgan fingerprint density at radius 2 is 2.16 bits per heavy atom. The van der Waals surface area contributed by atoms with Crippen LogP contribution in [-0.4, -0.2) is 29.8 Å². The summed E-state index contributed by atoms with van der Waals surface area (Å²) in [6, 6.07) is 3.60. The van der Waals surface area contributed by atoms with Gasteiger partial charge >= 0.3 is 0 Å². The van der Waals surface area contributed by atoms with Crippen molar-refractivity contribution in [2.45, 2.75) is 33.7 Å². The number of carbonyl (C=O) groups is 2. The number of carbonyl (C=O) groups excluding carboxylic acids is 2. The van der Waals surface area contributed by atoms with Crippen molar-refractivity contribution in [1.29, 1.82) is 0 Å². The van der Waals surface area contributed by atoms with Crippen LogP contribution < -0.4 is 5.32 Å². The average Bonchev–Trinajstić information content (AvgIpc) is 2.84. The van der Waals surface area contributed by atoms with Gasteiger partial charge in [0.2, 0.25) is 11.8 Å². The predicted molar refractivity (Wildman–Crippen MR) is 72.3 cm³/mol. The van der Waals surface area contributed by atoms with Crippen molar-refractivity contribution in [2.24, 2.45) is 5.92 Å². The molecule has 0 saturated carbocycles. The molecule has 0 atom stereocenters. The summed E-state index contributed by atoms with van der Waals surface area (Å²) in [7, 11) is 0. The van der Waals surface area contributed by atoms with Crippen LogP contribution in [0.1, 0.15) is 33.0 Å². The van der Waals surface area contributed by atoms with Crippen molar-refractivity contribution in [3.63, 3.8) is 0 Å². The van der Waals surface area contributed by atoms with Crippen LogP contribution in [0, 0.1) is 5.92 Å². The van der Waals surface area contributed by atoms with Crippen LogP contribution in [0.2, 0.25) is 0 Å². The van der Waals surface area contributed by atoms with Gasteiger partial charge in [-0.1, -0.05) is 13.8 Å². The first kappa shape index (κ1) is 15.3. The van der Waals surface area contributed by atoms with E-state index in [1.807, 2.05) is 19.9 Å². The number of nitrogens with one attached hydrogen (secondary N) is 1. The summed E-state index contributed by atoms with van der Waals surface area (Å²) in [6.45, 7) is 7.05. The van der Waals surface area contributed by atoms with Gasteiger partial charge < -0.3 is 14.6 Å². The Kier molecular flexibility index (Phi) is 6.12. The van der Waals surface area contributed by atoms with Crippen LogP contribution in [0.3, 0.4) is 0 Å². The molecule has 0 aliphatic carbocycles. The third-order valence-electron chi connectivity index (χ3n) is 2.69. The molecular formula is C14H22N2O3. The van der Waals surface area contributed by atoms with Gasteiger partial charge in [-0.05, 0) is 18.1 Å². The lowest BCUT2D eigenvalue weighted by atomic mass is 10.2. The number of hydrogen-bond acceptors (Lipinski definition) is 3. The standard InChI is InChI=1S/C14H22N2O3/c1-11(2)9-15-14(18)6-7-16(12(3)17)10-13-5-4-8-19-13/h4-5,8,11H,6-7,9-10H2,1-3H3,(H,15,18). The monoisotopic (exact) mass is 266 g/mol. The van der Waals surface area contributed by atoms with Crippen LogP contribution in [0.5, 0.6) is 0 Å². The summed E-state index contributed by atoms with van der Waals surface area (Å²) in [5, 5.41) is 2.83. The molecule has 0 unspecified atom stereocenters. The third kappa shape index (κ3) is 6.08. The van der Waals surface area contributed by atoms with Crippen LogP contribution in [0.4, 0.5) is 0 Å². The minimum Gasteiger partial charge on any atom is -0.467 e. The van der Waals surface area contributed by atoms with E-state index in [-0.39, 0.29) is 11.8 Å². The predicted octanol–water partition coefficient (Wildman–Crippen LogP) is 1.79. The quantitative estimate of drug-likeness (QED) is 0.818. The highest BCUT2D eigenvalue weighted by Crippen LogP contribution is 2.06. The zero-order valence-electron chi connectivity index (χ0n) is 11.8. The molecule has 0 aliphatic rings. The Bertz CT molecular complexity index is 399. The van der Waals surface area contributed by atoms with Crippen molar-refractivity contribution >= 4 is 11.8 Å². The fourth-order valence-corrected chi connectivity index (χ4v) is 1.58. The summed E-state index contributed by atoms with van der Waals surface area (Å²) in [5.74, 6) is 1.06. The van der Waals surface area contributed by atoms with Crippen LogP contribution in [0.15, 0.2) is 22.8 Å². The van der Waals surface area contributed by atoms with Crippen molar-refractivity contribution < 1.29 is 14.0 Å². The highest BCUT2D eigenvalue weighted by Gasteiger charge is 2.13. The molecule has 106 valence electrons. The topological polar surface area (TPSA) is 62.6 Å². The Labute approximate surface area is 114 Å². The first-order chi connectivity index (χ1) is 8.99. The molecule has 1 aromatic rings. The van der Waals surface area contributed by atoms with E-state index in [2.05, 4.69) is 5.32 Å². The minimum atomic E-state index is -0.0620. The van der Waals surface area contributed by atoms with Gasteiger partial charge in [-0.15, -0.1) is 0 Å². The van der Waals surface area contributed by atoms with Gasteiger partial charge in [-0.25, -0.2) is 0 Å². The van der Waals surface area contributed by atoms with E-state index in [1.165, 1.54) is 6.92 Å². The van der Waals surface area contributed by atoms with Gasteiger partial charge in [0.05, 0.1) is 12.8 Å². The van der Waals surface area contributed by atoms with Gasteiger partial charge in [0.15, 0.2) is 0 Å². The van der Waals surface area contributed by atoms with E-state index in [9.17, 15) is 9.59 Å². The molecule has 0 fully saturated rings. The summed E-state index contributed by atoms with van der Waals surface area (Å²) in [5.41, 5.74) is 0. The maximum atomic E-state index is 11.6. The van der Waals surface area contributed by atoms with Gasteiger partial charge in [0.1, 0.15) is 5.76 Å². The number of nitrogens with zero attached hydrogens (tertiary/aromatic N) is 1. The molecule has 1 rings (SSSR count). The molecule has 0 radical (unpaired) electrons. The molecule has 19 heavy (non-hydrogen) atoms. The van der Waals surface area contributed by atoms with Gasteiger partial charge in [-0.3, -0.25) is 9.59 Å². The molecule has 1 N–H and O–H groups in total. The highest BCUT2D eigenvalue weighted by atomic mass is 16.3. The van der Waals surface area contributed by atoms with Crippen LogP contribution in [-0.2, 0) is 16.1 Å². The Morgan fingerprint density at radius 3 is 2.68 bits per heavy atom. The Balaban J connectivity index is 2.37. The highest BCUT2D eigenvalue weighted by molar-refractivity contribution is 5.77. The molecule has 5 nitrogen and oxygen atoms in total. The SMILES string of the molecule is CC(=O)N(CCC(=O)NCC(C)C)Cc1ccco1. The minimum absolute atomic E-state index is 0.0283. The number of furan rings is 1. The molecule has 0 aliphatic heterocycles. The average molecular weight is 266 g/mol. The van der Waals surface area contributed by atoms with Crippen molar-refractivity contribution in [1.82, 2.24) is 10.2 Å². The van der Waals surface area contributed by atoms with Crippen molar-refractivity contribution in [3.8, 4) is 0 Å². The second-order valence-electron chi connectivity index (χ2n) is 4.97. The summed E-state index contributed by atoms with van der Waals surface area (Å²) < 4.78 is 5.21. The van der Waals surface area contributed by atoms with Gasteiger partial charge in [-0.2, -0.15) is 0 Å². The zero-order chi connectivity index (χ0) is 14.3. The van der Waals surface area contributed by atoms with E-state index in [4.69, 9.17) is 4.42 Å². The number of rotatable bonds is 7. The molecule has 1 aromatic heterocycles. The van der Waals surface area contributed by atoms with Crippen LogP contribution >= 0.6 is 0 Å². The second-order valence-corrected chi connectivity index (χ2v) is 4.97. The molecule has 5 heteroatoms. The lowest BCUT2D eigenvalue weighted by Crippen LogP contribution is -2.34. The third-order valence-corrected chi connectivity index (χ3v) is 2.69. The molecule has 2 amide bonds. The second kappa shape index (κ2) is 7.61. The lowest BCUT2D eigenvalue weighted by Gasteiger charge is -2.19. The number of amides is 2. The molecule has 0 aromatic carbocycles. The zero-order valence-corrected chi connectivity index (χ0v) is 11.8. The van der Waals surface area contributed by atoms with E-state index in [0.29, 0.717) is 32.0 Å². The maximum Gasteiger partial charge on any atom is 0.221 e. The van der Waals surface area contributed by atoms with E-state index < -0.39 is 0 Å².